The summed E-state index contributed by atoms with van der Waals surface area (Å²) in [5, 5.41) is 14.9. The van der Waals surface area contributed by atoms with Crippen molar-refractivity contribution in [2.75, 3.05) is 7.11 Å². The van der Waals surface area contributed by atoms with Crippen LogP contribution in [0.1, 0.15) is 22.8 Å². The summed E-state index contributed by atoms with van der Waals surface area (Å²) in [5.74, 6) is 0.646. The van der Waals surface area contributed by atoms with E-state index in [1.807, 2.05) is 17.7 Å². The molecule has 0 amide bonds. The molecule has 1 atom stereocenters. The number of rotatable bonds is 3. The average molecular weight is 269 g/mol. The molecule has 0 aliphatic heterocycles. The van der Waals surface area contributed by atoms with Crippen molar-refractivity contribution < 1.29 is 9.84 Å². The van der Waals surface area contributed by atoms with Gasteiger partial charge >= 0.3 is 0 Å². The van der Waals surface area contributed by atoms with Crippen molar-refractivity contribution in [2.45, 2.75) is 13.0 Å². The summed E-state index contributed by atoms with van der Waals surface area (Å²) in [7, 11) is 1.58. The molecule has 2 nitrogen and oxygen atoms in total. The molecule has 1 aromatic carbocycles. The summed E-state index contributed by atoms with van der Waals surface area (Å²) in [6.45, 7) is 1.98. The van der Waals surface area contributed by atoms with Crippen LogP contribution < -0.4 is 4.74 Å². The summed E-state index contributed by atoms with van der Waals surface area (Å²) in [6, 6.07) is 5.25. The van der Waals surface area contributed by atoms with Crippen LogP contribution in [0.4, 0.5) is 0 Å². The van der Waals surface area contributed by atoms with Gasteiger partial charge in [0.25, 0.3) is 0 Å². The first kappa shape index (κ1) is 12.4. The third-order valence-electron chi connectivity index (χ3n) is 2.68. The zero-order chi connectivity index (χ0) is 12.4. The van der Waals surface area contributed by atoms with Crippen molar-refractivity contribution in [1.82, 2.24) is 0 Å². The molecule has 0 saturated heterocycles. The zero-order valence-corrected chi connectivity index (χ0v) is 11.2. The summed E-state index contributed by atoms with van der Waals surface area (Å²) in [4.78, 5) is 0. The van der Waals surface area contributed by atoms with Gasteiger partial charge in [-0.05, 0) is 47.0 Å². The molecule has 2 aromatic rings. The summed E-state index contributed by atoms with van der Waals surface area (Å²) < 4.78 is 5.24. The second kappa shape index (κ2) is 5.08. The molecular weight excluding hydrogens is 256 g/mol. The van der Waals surface area contributed by atoms with Gasteiger partial charge in [-0.3, -0.25) is 0 Å². The minimum atomic E-state index is -0.699. The highest BCUT2D eigenvalue weighted by atomic mass is 35.5. The summed E-state index contributed by atoms with van der Waals surface area (Å²) in [5.41, 5.74) is 2.67. The molecule has 0 aliphatic rings. The third-order valence-corrected chi connectivity index (χ3v) is 3.79. The van der Waals surface area contributed by atoms with E-state index >= 15 is 0 Å². The number of aryl methyl sites for hydroxylation is 1. The minimum absolute atomic E-state index is 0.590. The predicted molar refractivity (Wildman–Crippen MR) is 71.1 cm³/mol. The van der Waals surface area contributed by atoms with Crippen molar-refractivity contribution in [3.63, 3.8) is 0 Å². The molecule has 0 bridgehead atoms. The van der Waals surface area contributed by atoms with Gasteiger partial charge in [-0.1, -0.05) is 11.6 Å². The maximum Gasteiger partial charge on any atom is 0.125 e. The van der Waals surface area contributed by atoms with E-state index < -0.39 is 6.10 Å². The van der Waals surface area contributed by atoms with E-state index in [-0.39, 0.29) is 0 Å². The van der Waals surface area contributed by atoms with E-state index in [0.717, 1.165) is 11.1 Å². The third kappa shape index (κ3) is 2.46. The number of aliphatic hydroxyl groups excluding tert-OH is 1. The van der Waals surface area contributed by atoms with E-state index in [0.29, 0.717) is 16.3 Å². The molecule has 0 spiro atoms. The first-order valence-electron chi connectivity index (χ1n) is 5.17. The van der Waals surface area contributed by atoms with Crippen molar-refractivity contribution in [2.24, 2.45) is 0 Å². The van der Waals surface area contributed by atoms with E-state index in [1.54, 1.807) is 36.6 Å². The van der Waals surface area contributed by atoms with Gasteiger partial charge < -0.3 is 9.84 Å². The van der Waals surface area contributed by atoms with Crippen molar-refractivity contribution >= 4 is 22.9 Å². The van der Waals surface area contributed by atoms with Crippen molar-refractivity contribution in [1.29, 1.82) is 0 Å². The normalized spacial score (nSPS) is 12.5. The fourth-order valence-corrected chi connectivity index (χ4v) is 2.79. The highest BCUT2D eigenvalue weighted by molar-refractivity contribution is 7.08. The van der Waals surface area contributed by atoms with Crippen LogP contribution in [0.3, 0.4) is 0 Å². The number of benzene rings is 1. The molecule has 0 saturated carbocycles. The number of thiophene rings is 1. The molecule has 1 unspecified atom stereocenters. The van der Waals surface area contributed by atoms with Crippen molar-refractivity contribution in [3.05, 3.63) is 50.7 Å². The first-order valence-corrected chi connectivity index (χ1v) is 6.49. The van der Waals surface area contributed by atoms with E-state index in [2.05, 4.69) is 0 Å². The van der Waals surface area contributed by atoms with E-state index in [1.165, 1.54) is 0 Å². The Morgan fingerprint density at radius 1 is 1.29 bits per heavy atom. The lowest BCUT2D eigenvalue weighted by molar-refractivity contribution is 0.214. The SMILES string of the molecule is COc1ccc(Cl)cc1C(O)c1cscc1C. The molecule has 0 aliphatic carbocycles. The van der Waals surface area contributed by atoms with Gasteiger partial charge in [0, 0.05) is 10.6 Å². The van der Waals surface area contributed by atoms with E-state index in [9.17, 15) is 5.11 Å². The van der Waals surface area contributed by atoms with Crippen LogP contribution in [-0.2, 0) is 0 Å². The van der Waals surface area contributed by atoms with Gasteiger partial charge in [0.2, 0.25) is 0 Å². The Morgan fingerprint density at radius 3 is 2.65 bits per heavy atom. The number of methoxy groups -OCH3 is 1. The highest BCUT2D eigenvalue weighted by Gasteiger charge is 2.18. The lowest BCUT2D eigenvalue weighted by Gasteiger charge is -2.15. The Labute approximate surface area is 109 Å². The topological polar surface area (TPSA) is 29.5 Å². The molecule has 1 N–H and O–H groups in total. The maximum atomic E-state index is 10.4. The Bertz CT molecular complexity index is 522. The van der Waals surface area contributed by atoms with Crippen LogP contribution in [0.2, 0.25) is 5.02 Å². The van der Waals surface area contributed by atoms with Gasteiger partial charge in [0.15, 0.2) is 0 Å². The maximum absolute atomic E-state index is 10.4. The number of hydrogen-bond acceptors (Lipinski definition) is 3. The quantitative estimate of drug-likeness (QED) is 0.917. The number of halogens is 1. The Hall–Kier alpha value is -1.03. The Balaban J connectivity index is 2.46. The fraction of sp³-hybridized carbons (Fsp3) is 0.231. The lowest BCUT2D eigenvalue weighted by Crippen LogP contribution is -2.02. The van der Waals surface area contributed by atoms with Gasteiger partial charge in [0.05, 0.1) is 7.11 Å². The highest BCUT2D eigenvalue weighted by Crippen LogP contribution is 2.34. The summed E-state index contributed by atoms with van der Waals surface area (Å²) in [6.07, 6.45) is -0.699. The number of aliphatic hydroxyl groups is 1. The van der Waals surface area contributed by atoms with Gasteiger partial charge in [-0.2, -0.15) is 11.3 Å². The molecule has 17 heavy (non-hydrogen) atoms. The van der Waals surface area contributed by atoms with Gasteiger partial charge in [-0.15, -0.1) is 0 Å². The van der Waals surface area contributed by atoms with E-state index in [4.69, 9.17) is 16.3 Å². The van der Waals surface area contributed by atoms with Gasteiger partial charge in [0.1, 0.15) is 11.9 Å². The molecule has 1 heterocycles. The average Bonchev–Trinajstić information content (AvgIpc) is 2.74. The zero-order valence-electron chi connectivity index (χ0n) is 9.61. The number of ether oxygens (including phenoxy) is 1. The molecule has 1 aromatic heterocycles. The van der Waals surface area contributed by atoms with Crippen LogP contribution in [0, 0.1) is 6.92 Å². The summed E-state index contributed by atoms with van der Waals surface area (Å²) >= 11 is 7.53. The fourth-order valence-electron chi connectivity index (χ4n) is 1.74. The minimum Gasteiger partial charge on any atom is -0.496 e. The molecule has 0 fully saturated rings. The lowest BCUT2D eigenvalue weighted by atomic mass is 10.0. The molecule has 0 radical (unpaired) electrons. The van der Waals surface area contributed by atoms with Crippen LogP contribution in [-0.4, -0.2) is 12.2 Å². The molecular formula is C13H13ClO2S. The second-order valence-electron chi connectivity index (χ2n) is 3.80. The van der Waals surface area contributed by atoms with Gasteiger partial charge in [-0.25, -0.2) is 0 Å². The smallest absolute Gasteiger partial charge is 0.125 e. The Morgan fingerprint density at radius 2 is 2.06 bits per heavy atom. The second-order valence-corrected chi connectivity index (χ2v) is 4.98. The van der Waals surface area contributed by atoms with Crippen LogP contribution in [0.25, 0.3) is 0 Å². The largest absolute Gasteiger partial charge is 0.496 e. The standard InChI is InChI=1S/C13H13ClO2S/c1-8-6-17-7-11(8)13(15)10-5-9(14)3-4-12(10)16-2/h3-7,13,15H,1-2H3. The molecule has 2 rings (SSSR count). The van der Waals surface area contributed by atoms with Crippen LogP contribution in [0.5, 0.6) is 5.75 Å². The molecule has 4 heteroatoms. The van der Waals surface area contributed by atoms with Crippen LogP contribution in [0.15, 0.2) is 29.0 Å². The van der Waals surface area contributed by atoms with Crippen LogP contribution >= 0.6 is 22.9 Å². The predicted octanol–water partition coefficient (Wildman–Crippen LogP) is 3.80. The first-order chi connectivity index (χ1) is 8.13. The number of hydrogen-bond donors (Lipinski definition) is 1. The molecule has 90 valence electrons. The monoisotopic (exact) mass is 268 g/mol. The Kier molecular flexibility index (Phi) is 3.72. The van der Waals surface area contributed by atoms with Crippen molar-refractivity contribution in [3.8, 4) is 5.75 Å².